The van der Waals surface area contributed by atoms with Gasteiger partial charge in [-0.2, -0.15) is 0 Å². The molecule has 3 N–H and O–H groups in total. The predicted molar refractivity (Wildman–Crippen MR) is 81.4 cm³/mol. The maximum Gasteiger partial charge on any atom is 0.224 e. The van der Waals surface area contributed by atoms with Crippen molar-refractivity contribution in [3.8, 4) is 0 Å². The van der Waals surface area contributed by atoms with Gasteiger partial charge in [-0.05, 0) is 30.0 Å². The summed E-state index contributed by atoms with van der Waals surface area (Å²) in [6.45, 7) is 0. The van der Waals surface area contributed by atoms with Gasteiger partial charge in [0, 0.05) is 24.0 Å². The van der Waals surface area contributed by atoms with Crippen molar-refractivity contribution < 1.29 is 4.79 Å². The molecule has 1 aromatic heterocycles. The van der Waals surface area contributed by atoms with Gasteiger partial charge in [0.1, 0.15) is 0 Å². The lowest BCUT2D eigenvalue weighted by Crippen LogP contribution is -2.58. The summed E-state index contributed by atoms with van der Waals surface area (Å²) < 4.78 is 0. The molecule has 1 fully saturated rings. The monoisotopic (exact) mass is 281 g/mol. The lowest BCUT2D eigenvalue weighted by atomic mass is 9.69. The van der Waals surface area contributed by atoms with Crippen LogP contribution in [0.25, 0.3) is 0 Å². The Morgan fingerprint density at radius 1 is 1.24 bits per heavy atom. The van der Waals surface area contributed by atoms with E-state index in [2.05, 4.69) is 10.3 Å². The van der Waals surface area contributed by atoms with Crippen molar-refractivity contribution in [2.75, 3.05) is 0 Å². The highest BCUT2D eigenvalue weighted by atomic mass is 16.1. The van der Waals surface area contributed by atoms with Gasteiger partial charge in [0.2, 0.25) is 5.91 Å². The summed E-state index contributed by atoms with van der Waals surface area (Å²) in [4.78, 5) is 16.0. The van der Waals surface area contributed by atoms with E-state index in [1.807, 2.05) is 42.5 Å². The van der Waals surface area contributed by atoms with Gasteiger partial charge < -0.3 is 11.1 Å². The van der Waals surface area contributed by atoms with Crippen molar-refractivity contribution in [2.24, 2.45) is 5.73 Å². The van der Waals surface area contributed by atoms with Crippen LogP contribution >= 0.6 is 0 Å². The first-order valence-corrected chi connectivity index (χ1v) is 7.18. The first-order chi connectivity index (χ1) is 10.2. The van der Waals surface area contributed by atoms with Gasteiger partial charge in [0.05, 0.1) is 6.42 Å². The molecule has 1 heterocycles. The molecule has 1 aliphatic carbocycles. The number of nitrogens with zero attached hydrogens (tertiary/aromatic N) is 1. The van der Waals surface area contributed by atoms with Gasteiger partial charge >= 0.3 is 0 Å². The van der Waals surface area contributed by atoms with E-state index >= 15 is 0 Å². The average Bonchev–Trinajstić information content (AvgIpc) is 2.47. The summed E-state index contributed by atoms with van der Waals surface area (Å²) in [5.41, 5.74) is 8.15. The van der Waals surface area contributed by atoms with Crippen molar-refractivity contribution in [1.29, 1.82) is 0 Å². The van der Waals surface area contributed by atoms with Gasteiger partial charge in [0.25, 0.3) is 0 Å². The zero-order valence-electron chi connectivity index (χ0n) is 11.8. The van der Waals surface area contributed by atoms with Crippen molar-refractivity contribution in [3.05, 3.63) is 66.0 Å². The summed E-state index contributed by atoms with van der Waals surface area (Å²) in [5.74, 6) is 0.0307. The van der Waals surface area contributed by atoms with E-state index < -0.39 is 0 Å². The lowest BCUT2D eigenvalue weighted by molar-refractivity contribution is -0.122. The fourth-order valence-corrected chi connectivity index (χ4v) is 2.89. The average molecular weight is 281 g/mol. The second-order valence-electron chi connectivity index (χ2n) is 5.73. The number of aromatic nitrogens is 1. The molecule has 1 aromatic carbocycles. The van der Waals surface area contributed by atoms with Gasteiger partial charge in [-0.15, -0.1) is 0 Å². The molecule has 0 aliphatic heterocycles. The summed E-state index contributed by atoms with van der Waals surface area (Å²) in [6.07, 6.45) is 5.37. The van der Waals surface area contributed by atoms with Crippen LogP contribution < -0.4 is 11.1 Å². The van der Waals surface area contributed by atoms with Gasteiger partial charge in [-0.1, -0.05) is 36.4 Å². The first kappa shape index (κ1) is 13.8. The topological polar surface area (TPSA) is 68.0 Å². The molecule has 0 bridgehead atoms. The Balaban J connectivity index is 1.52. The fourth-order valence-electron chi connectivity index (χ4n) is 2.89. The Morgan fingerprint density at radius 3 is 2.67 bits per heavy atom. The Hall–Kier alpha value is -2.20. The third kappa shape index (κ3) is 3.11. The summed E-state index contributed by atoms with van der Waals surface area (Å²) in [6, 6.07) is 14.0. The van der Waals surface area contributed by atoms with Crippen LogP contribution in [0.1, 0.15) is 24.0 Å². The van der Waals surface area contributed by atoms with Crippen LogP contribution in [0, 0.1) is 0 Å². The molecule has 0 unspecified atom stereocenters. The van der Waals surface area contributed by atoms with Crippen LogP contribution in [0.3, 0.4) is 0 Å². The summed E-state index contributed by atoms with van der Waals surface area (Å²) in [5, 5.41) is 3.04. The number of hydrogen-bond acceptors (Lipinski definition) is 3. The molecule has 1 amide bonds. The highest BCUT2D eigenvalue weighted by Gasteiger charge is 2.42. The maximum absolute atomic E-state index is 12.0. The van der Waals surface area contributed by atoms with E-state index in [-0.39, 0.29) is 17.5 Å². The largest absolute Gasteiger partial charge is 0.353 e. The number of benzene rings is 1. The number of carbonyl (C=O) groups is 1. The van der Waals surface area contributed by atoms with Crippen LogP contribution in [0.2, 0.25) is 0 Å². The first-order valence-electron chi connectivity index (χ1n) is 7.18. The van der Waals surface area contributed by atoms with E-state index in [1.165, 1.54) is 0 Å². The van der Waals surface area contributed by atoms with E-state index in [1.54, 1.807) is 12.4 Å². The molecule has 1 saturated carbocycles. The molecular formula is C17H19N3O. The van der Waals surface area contributed by atoms with Crippen LogP contribution in [0.15, 0.2) is 54.9 Å². The fraction of sp³-hybridized carbons (Fsp3) is 0.294. The van der Waals surface area contributed by atoms with Gasteiger partial charge in [0.15, 0.2) is 0 Å². The van der Waals surface area contributed by atoms with Crippen molar-refractivity contribution >= 4 is 5.91 Å². The number of hydrogen-bond donors (Lipinski definition) is 2. The molecule has 21 heavy (non-hydrogen) atoms. The summed E-state index contributed by atoms with van der Waals surface area (Å²) >= 11 is 0. The third-order valence-corrected chi connectivity index (χ3v) is 4.02. The van der Waals surface area contributed by atoms with E-state index in [4.69, 9.17) is 5.73 Å². The van der Waals surface area contributed by atoms with Crippen molar-refractivity contribution in [2.45, 2.75) is 30.8 Å². The van der Waals surface area contributed by atoms with Crippen LogP contribution in [-0.4, -0.2) is 16.9 Å². The number of carbonyl (C=O) groups excluding carboxylic acids is 1. The lowest BCUT2D eigenvalue weighted by Gasteiger charge is -2.45. The molecule has 0 atom stereocenters. The number of amides is 1. The Morgan fingerprint density at radius 2 is 2.00 bits per heavy atom. The molecule has 0 spiro atoms. The molecule has 3 rings (SSSR count). The minimum atomic E-state index is -0.298. The second-order valence-corrected chi connectivity index (χ2v) is 5.73. The molecule has 4 heteroatoms. The normalized spacial score (nSPS) is 24.1. The molecule has 0 saturated heterocycles. The number of nitrogens with one attached hydrogen (secondary N) is 1. The van der Waals surface area contributed by atoms with Crippen LogP contribution in [0.5, 0.6) is 0 Å². The van der Waals surface area contributed by atoms with Crippen LogP contribution in [-0.2, 0) is 16.8 Å². The van der Waals surface area contributed by atoms with E-state index in [0.29, 0.717) is 6.42 Å². The van der Waals surface area contributed by atoms with Crippen LogP contribution in [0.4, 0.5) is 0 Å². The Bertz CT molecular complexity index is 606. The van der Waals surface area contributed by atoms with Crippen molar-refractivity contribution in [3.63, 3.8) is 0 Å². The number of pyridine rings is 1. The predicted octanol–water partition coefficient (Wildman–Crippen LogP) is 1.76. The third-order valence-electron chi connectivity index (χ3n) is 4.02. The quantitative estimate of drug-likeness (QED) is 0.897. The Kier molecular flexibility index (Phi) is 3.71. The molecule has 0 radical (unpaired) electrons. The minimum absolute atomic E-state index is 0.0307. The minimum Gasteiger partial charge on any atom is -0.353 e. The zero-order chi connectivity index (χ0) is 14.7. The molecule has 4 nitrogen and oxygen atoms in total. The highest BCUT2D eigenvalue weighted by Crippen LogP contribution is 2.38. The van der Waals surface area contributed by atoms with Gasteiger partial charge in [-0.25, -0.2) is 0 Å². The zero-order valence-corrected chi connectivity index (χ0v) is 11.8. The van der Waals surface area contributed by atoms with Crippen molar-refractivity contribution in [1.82, 2.24) is 10.3 Å². The number of rotatable bonds is 4. The molecule has 108 valence electrons. The maximum atomic E-state index is 12.0. The molecular weight excluding hydrogens is 262 g/mol. The smallest absolute Gasteiger partial charge is 0.224 e. The Labute approximate surface area is 124 Å². The summed E-state index contributed by atoms with van der Waals surface area (Å²) in [7, 11) is 0. The standard InChI is InChI=1S/C17H19N3O/c18-17(14-6-2-1-3-7-14)10-15(11-17)20-16(21)9-13-5-4-8-19-12-13/h1-8,12,15H,9-11,18H2,(H,20,21). The highest BCUT2D eigenvalue weighted by molar-refractivity contribution is 5.78. The van der Waals surface area contributed by atoms with E-state index in [0.717, 1.165) is 24.0 Å². The van der Waals surface area contributed by atoms with Gasteiger partial charge in [-0.3, -0.25) is 9.78 Å². The molecule has 1 aliphatic rings. The second kappa shape index (κ2) is 5.66. The number of nitrogens with two attached hydrogens (primary N) is 1. The SMILES string of the molecule is NC1(c2ccccc2)CC(NC(=O)Cc2cccnc2)C1. The molecule has 2 aromatic rings. The van der Waals surface area contributed by atoms with E-state index in [9.17, 15) is 4.79 Å².